The molecule has 0 saturated heterocycles. The quantitative estimate of drug-likeness (QED) is 0.815. The number of carboxylic acids is 1. The second-order valence-corrected chi connectivity index (χ2v) is 6.01. The Balaban J connectivity index is 2.02. The van der Waals surface area contributed by atoms with Gasteiger partial charge in [-0.15, -0.1) is 11.3 Å². The van der Waals surface area contributed by atoms with E-state index in [-0.39, 0.29) is 5.82 Å². The van der Waals surface area contributed by atoms with Crippen LogP contribution in [0.4, 0.5) is 4.39 Å². The van der Waals surface area contributed by atoms with Crippen LogP contribution in [0, 0.1) is 5.82 Å². The van der Waals surface area contributed by atoms with Gasteiger partial charge in [0.1, 0.15) is 11.9 Å². The van der Waals surface area contributed by atoms with Crippen molar-refractivity contribution in [1.29, 1.82) is 0 Å². The van der Waals surface area contributed by atoms with Crippen LogP contribution < -0.4 is 5.32 Å². The highest BCUT2D eigenvalue weighted by atomic mass is 32.1. The molecule has 0 aliphatic carbocycles. The first-order chi connectivity index (χ1) is 10.1. The Morgan fingerprint density at radius 1 is 1.38 bits per heavy atom. The van der Waals surface area contributed by atoms with E-state index in [9.17, 15) is 9.18 Å². The van der Waals surface area contributed by atoms with E-state index in [0.717, 1.165) is 21.7 Å². The Morgan fingerprint density at radius 2 is 2.19 bits per heavy atom. The molecule has 1 unspecified atom stereocenters. The summed E-state index contributed by atoms with van der Waals surface area (Å²) in [5.74, 6) is -1.08. The predicted molar refractivity (Wildman–Crippen MR) is 82.9 cm³/mol. The van der Waals surface area contributed by atoms with Gasteiger partial charge in [0.2, 0.25) is 0 Å². The monoisotopic (exact) mass is 307 g/mol. The number of aliphatic carboxylic acids is 1. The molecule has 0 bridgehead atoms. The first kappa shape index (κ1) is 15.7. The Hall–Kier alpha value is -1.72. The third kappa shape index (κ3) is 4.37. The van der Waals surface area contributed by atoms with Crippen LogP contribution in [-0.4, -0.2) is 17.1 Å². The number of hydrogen-bond donors (Lipinski definition) is 2. The van der Waals surface area contributed by atoms with Crippen LogP contribution >= 0.6 is 11.3 Å². The van der Waals surface area contributed by atoms with Gasteiger partial charge < -0.3 is 5.11 Å². The maximum absolute atomic E-state index is 13.2. The molecule has 0 aliphatic heterocycles. The van der Waals surface area contributed by atoms with Gasteiger partial charge in [-0.2, -0.15) is 0 Å². The number of carbonyl (C=O) groups is 1. The van der Waals surface area contributed by atoms with Gasteiger partial charge in [0, 0.05) is 16.3 Å². The first-order valence-corrected chi connectivity index (χ1v) is 7.72. The number of benzene rings is 1. The summed E-state index contributed by atoms with van der Waals surface area (Å²) < 4.78 is 13.2. The van der Waals surface area contributed by atoms with Crippen LogP contribution in [0.1, 0.15) is 24.6 Å². The van der Waals surface area contributed by atoms with Crippen molar-refractivity contribution in [3.05, 3.63) is 47.1 Å². The maximum atomic E-state index is 13.2. The largest absolute Gasteiger partial charge is 0.480 e. The standard InChI is InChI=1S/C16H18FNO2S/c1-2-4-14(16(19)20)18-10-13-7-8-15(21-13)11-5-3-6-12(17)9-11/h3,5-9,14,18H,2,4,10H2,1H3,(H,19,20). The van der Waals surface area contributed by atoms with E-state index in [2.05, 4.69) is 5.32 Å². The van der Waals surface area contributed by atoms with Crippen molar-refractivity contribution in [2.75, 3.05) is 0 Å². The molecule has 5 heteroatoms. The molecule has 2 rings (SSSR count). The minimum Gasteiger partial charge on any atom is -0.480 e. The third-order valence-corrected chi connectivity index (χ3v) is 4.30. The molecular formula is C16H18FNO2S. The lowest BCUT2D eigenvalue weighted by Crippen LogP contribution is -2.35. The molecule has 0 spiro atoms. The van der Waals surface area contributed by atoms with Crippen LogP contribution in [0.25, 0.3) is 10.4 Å². The summed E-state index contributed by atoms with van der Waals surface area (Å²) in [6.45, 7) is 2.47. The maximum Gasteiger partial charge on any atom is 0.320 e. The van der Waals surface area contributed by atoms with Crippen molar-refractivity contribution in [1.82, 2.24) is 5.32 Å². The zero-order valence-electron chi connectivity index (χ0n) is 11.8. The SMILES string of the molecule is CCCC(NCc1ccc(-c2cccc(F)c2)s1)C(=O)O. The highest BCUT2D eigenvalue weighted by Crippen LogP contribution is 2.28. The highest BCUT2D eigenvalue weighted by molar-refractivity contribution is 7.15. The smallest absolute Gasteiger partial charge is 0.320 e. The number of nitrogens with one attached hydrogen (secondary N) is 1. The van der Waals surface area contributed by atoms with E-state index in [1.165, 1.54) is 12.1 Å². The van der Waals surface area contributed by atoms with Gasteiger partial charge in [-0.3, -0.25) is 10.1 Å². The molecule has 3 nitrogen and oxygen atoms in total. The van der Waals surface area contributed by atoms with Crippen LogP contribution in [0.2, 0.25) is 0 Å². The molecule has 0 radical (unpaired) electrons. The van der Waals surface area contributed by atoms with E-state index >= 15 is 0 Å². The summed E-state index contributed by atoms with van der Waals surface area (Å²) in [6, 6.07) is 9.83. The molecule has 21 heavy (non-hydrogen) atoms. The molecule has 0 saturated carbocycles. The molecule has 112 valence electrons. The zero-order valence-corrected chi connectivity index (χ0v) is 12.6. The summed E-state index contributed by atoms with van der Waals surface area (Å²) in [5.41, 5.74) is 0.842. The fraction of sp³-hybridized carbons (Fsp3) is 0.312. The number of thiophene rings is 1. The van der Waals surface area contributed by atoms with Crippen molar-refractivity contribution >= 4 is 17.3 Å². The lowest BCUT2D eigenvalue weighted by molar-refractivity contribution is -0.139. The Labute approximate surface area is 127 Å². The van der Waals surface area contributed by atoms with Crippen molar-refractivity contribution in [3.63, 3.8) is 0 Å². The lowest BCUT2D eigenvalue weighted by atomic mass is 10.1. The molecule has 1 atom stereocenters. The second kappa shape index (κ2) is 7.33. The minimum absolute atomic E-state index is 0.255. The van der Waals surface area contributed by atoms with Gasteiger partial charge in [0.25, 0.3) is 0 Å². The molecule has 0 amide bonds. The number of hydrogen-bond acceptors (Lipinski definition) is 3. The highest BCUT2D eigenvalue weighted by Gasteiger charge is 2.15. The van der Waals surface area contributed by atoms with E-state index < -0.39 is 12.0 Å². The van der Waals surface area contributed by atoms with Crippen LogP contribution in [0.15, 0.2) is 36.4 Å². The fourth-order valence-corrected chi connectivity index (χ4v) is 3.05. The minimum atomic E-state index is -0.821. The average Bonchev–Trinajstić information content (AvgIpc) is 2.92. The molecule has 1 aromatic heterocycles. The van der Waals surface area contributed by atoms with Crippen LogP contribution in [-0.2, 0) is 11.3 Å². The van der Waals surface area contributed by atoms with Gasteiger partial charge in [0.15, 0.2) is 0 Å². The van der Waals surface area contributed by atoms with Gasteiger partial charge in [-0.1, -0.05) is 25.5 Å². The molecule has 2 aromatic rings. The van der Waals surface area contributed by atoms with Gasteiger partial charge in [-0.25, -0.2) is 4.39 Å². The Morgan fingerprint density at radius 3 is 2.86 bits per heavy atom. The Bertz CT molecular complexity index is 612. The number of carboxylic acid groups (broad SMARTS) is 1. The molecule has 1 aromatic carbocycles. The molecular weight excluding hydrogens is 289 g/mol. The molecule has 1 heterocycles. The van der Waals surface area contributed by atoms with Crippen molar-refractivity contribution in [3.8, 4) is 10.4 Å². The first-order valence-electron chi connectivity index (χ1n) is 6.91. The lowest BCUT2D eigenvalue weighted by Gasteiger charge is -2.12. The Kier molecular flexibility index (Phi) is 5.47. The predicted octanol–water partition coefficient (Wildman–Crippen LogP) is 3.90. The number of halogens is 1. The van der Waals surface area contributed by atoms with Crippen LogP contribution in [0.3, 0.4) is 0 Å². The van der Waals surface area contributed by atoms with E-state index in [0.29, 0.717) is 13.0 Å². The fourth-order valence-electron chi connectivity index (χ4n) is 2.10. The van der Waals surface area contributed by atoms with Crippen LogP contribution in [0.5, 0.6) is 0 Å². The zero-order chi connectivity index (χ0) is 15.2. The van der Waals surface area contributed by atoms with E-state index in [1.54, 1.807) is 17.4 Å². The summed E-state index contributed by atoms with van der Waals surface area (Å²) in [4.78, 5) is 13.1. The van der Waals surface area contributed by atoms with Crippen molar-refractivity contribution in [2.45, 2.75) is 32.4 Å². The molecule has 0 fully saturated rings. The molecule has 2 N–H and O–H groups in total. The molecule has 0 aliphatic rings. The topological polar surface area (TPSA) is 49.3 Å². The third-order valence-electron chi connectivity index (χ3n) is 3.17. The van der Waals surface area contributed by atoms with Gasteiger partial charge in [-0.05, 0) is 36.2 Å². The van der Waals surface area contributed by atoms with Gasteiger partial charge in [0.05, 0.1) is 0 Å². The average molecular weight is 307 g/mol. The van der Waals surface area contributed by atoms with E-state index in [4.69, 9.17) is 5.11 Å². The van der Waals surface area contributed by atoms with E-state index in [1.807, 2.05) is 25.1 Å². The summed E-state index contributed by atoms with van der Waals surface area (Å²) in [5, 5.41) is 12.1. The normalized spacial score (nSPS) is 12.3. The second-order valence-electron chi connectivity index (χ2n) is 4.84. The summed E-state index contributed by atoms with van der Waals surface area (Å²) in [6.07, 6.45) is 1.43. The number of rotatable bonds is 7. The van der Waals surface area contributed by atoms with Crippen molar-refractivity contribution < 1.29 is 14.3 Å². The summed E-state index contributed by atoms with van der Waals surface area (Å²) in [7, 11) is 0. The van der Waals surface area contributed by atoms with Gasteiger partial charge >= 0.3 is 5.97 Å². The van der Waals surface area contributed by atoms with Crippen molar-refractivity contribution in [2.24, 2.45) is 0 Å². The summed E-state index contributed by atoms with van der Waals surface area (Å²) >= 11 is 1.54.